The molecule has 0 radical (unpaired) electrons. The number of halogens is 6. The highest BCUT2D eigenvalue weighted by atomic mass is 32.3. The Morgan fingerprint density at radius 2 is 1.38 bits per heavy atom. The van der Waals surface area contributed by atoms with Gasteiger partial charge in [0.2, 0.25) is 0 Å². The van der Waals surface area contributed by atoms with E-state index in [0.717, 1.165) is 40.2 Å². The highest BCUT2D eigenvalue weighted by Crippen LogP contribution is 2.36. The van der Waals surface area contributed by atoms with E-state index in [9.17, 15) is 48.0 Å². The van der Waals surface area contributed by atoms with Gasteiger partial charge in [-0.3, -0.25) is 0 Å². The summed E-state index contributed by atoms with van der Waals surface area (Å²) in [5.41, 5.74) is -8.46. The first-order chi connectivity index (χ1) is 22.0. The van der Waals surface area contributed by atoms with Crippen LogP contribution in [0, 0.1) is 6.92 Å². The van der Waals surface area contributed by atoms with Crippen molar-refractivity contribution < 1.29 is 57.3 Å². The van der Waals surface area contributed by atoms with Crippen LogP contribution in [0.1, 0.15) is 88.8 Å². The van der Waals surface area contributed by atoms with Gasteiger partial charge in [-0.15, -0.1) is 0 Å². The zero-order valence-corrected chi connectivity index (χ0v) is 29.0. The molecule has 0 bridgehead atoms. The van der Waals surface area contributed by atoms with Crippen molar-refractivity contribution in [2.24, 2.45) is 0 Å². The molecule has 0 unspecified atom stereocenters. The maximum absolute atomic E-state index is 12.3. The standard InChI is InChI=1S/C29H42N2O2.C2F6NO4S2/c1-24(2)26-17-14-18-27(22-26)29(4,5)30-28(32)33-21-13-11-9-7-6-8-10-12-19-31-20-15-16-25(3)23-31;3-1(4,5)14(10,11)9-15(12,13)2(6,7)8/h14-18,20,22-23H,1,6-13,19,21H2,2-5H3;/q;-1/p+1. The largest absolute Gasteiger partial charge is 0.480 e. The van der Waals surface area contributed by atoms with E-state index in [4.69, 9.17) is 4.74 Å². The Hall–Kier alpha value is -3.18. The molecule has 0 saturated heterocycles. The summed E-state index contributed by atoms with van der Waals surface area (Å²) in [6.45, 7) is 13.7. The zero-order valence-electron chi connectivity index (χ0n) is 27.3. The highest BCUT2D eigenvalue weighted by Gasteiger charge is 2.47. The second-order valence-electron chi connectivity index (χ2n) is 11.6. The number of amides is 1. The molecule has 1 aromatic carbocycles. The van der Waals surface area contributed by atoms with Crippen LogP contribution >= 0.6 is 0 Å². The van der Waals surface area contributed by atoms with E-state index >= 15 is 0 Å². The molecule has 0 atom stereocenters. The number of benzene rings is 1. The minimum absolute atomic E-state index is 0.354. The number of sulfonamides is 2. The molecular weight excluding hydrogens is 688 g/mol. The predicted octanol–water partition coefficient (Wildman–Crippen LogP) is 8.16. The maximum atomic E-state index is 12.3. The third-order valence-corrected chi connectivity index (χ3v) is 9.56. The quantitative estimate of drug-likeness (QED) is 0.106. The summed E-state index contributed by atoms with van der Waals surface area (Å²) in [6, 6.07) is 12.4. The first kappa shape index (κ1) is 42.8. The van der Waals surface area contributed by atoms with Crippen molar-refractivity contribution in [1.29, 1.82) is 0 Å². The molecule has 0 fully saturated rings. The first-order valence-electron chi connectivity index (χ1n) is 15.0. The lowest BCUT2D eigenvalue weighted by Gasteiger charge is -2.27. The Balaban J connectivity index is 0.000000646. The molecule has 2 aromatic rings. The summed E-state index contributed by atoms with van der Waals surface area (Å²) in [5, 5.41) is 2.99. The number of aromatic nitrogens is 1. The smallest absolute Gasteiger partial charge is 0.450 e. The molecule has 0 aliphatic rings. The second-order valence-corrected chi connectivity index (χ2v) is 15.0. The van der Waals surface area contributed by atoms with E-state index < -0.39 is 36.6 Å². The van der Waals surface area contributed by atoms with Crippen LogP contribution in [-0.4, -0.2) is 40.6 Å². The van der Waals surface area contributed by atoms with Gasteiger partial charge in [0.1, 0.15) is 6.54 Å². The van der Waals surface area contributed by atoms with E-state index in [1.54, 1.807) is 0 Å². The molecule has 1 amide bonds. The van der Waals surface area contributed by atoms with Gasteiger partial charge in [0.25, 0.3) is 0 Å². The van der Waals surface area contributed by atoms with Crippen molar-refractivity contribution in [1.82, 2.24) is 5.32 Å². The molecular formula is C31H43F6N3O6S2. The Morgan fingerprint density at radius 1 is 0.854 bits per heavy atom. The lowest BCUT2D eigenvalue weighted by Crippen LogP contribution is -2.41. The Labute approximate surface area is 278 Å². The summed E-state index contributed by atoms with van der Waals surface area (Å²) in [7, 11) is -13.4. The number of unbranched alkanes of at least 4 members (excludes halogenated alkanes) is 7. The van der Waals surface area contributed by atoms with Crippen molar-refractivity contribution in [2.45, 2.75) is 102 Å². The number of hydrogen-bond acceptors (Lipinski definition) is 6. The molecule has 17 heteroatoms. The van der Waals surface area contributed by atoms with Crippen molar-refractivity contribution in [3.63, 3.8) is 0 Å². The van der Waals surface area contributed by atoms with Crippen LogP contribution in [0.3, 0.4) is 0 Å². The number of alkyl carbamates (subject to hydrolysis) is 1. The number of aryl methyl sites for hydroxylation is 2. The fraction of sp³-hybridized carbons (Fsp3) is 0.548. The zero-order chi connectivity index (χ0) is 36.8. The Bertz CT molecular complexity index is 1520. The van der Waals surface area contributed by atoms with Gasteiger partial charge in [0.15, 0.2) is 32.4 Å². The van der Waals surface area contributed by atoms with Crippen LogP contribution in [0.15, 0.2) is 55.4 Å². The van der Waals surface area contributed by atoms with Gasteiger partial charge in [-0.1, -0.05) is 62.5 Å². The summed E-state index contributed by atoms with van der Waals surface area (Å²) in [4.78, 5) is 12.3. The number of carbonyl (C=O) groups is 1. The normalized spacial score (nSPS) is 12.5. The average Bonchev–Trinajstić information content (AvgIpc) is 2.94. The Morgan fingerprint density at radius 3 is 1.88 bits per heavy atom. The molecule has 1 heterocycles. The van der Waals surface area contributed by atoms with Gasteiger partial charge >= 0.3 is 17.1 Å². The van der Waals surface area contributed by atoms with Crippen LogP contribution in [-0.2, 0) is 36.9 Å². The van der Waals surface area contributed by atoms with Crippen molar-refractivity contribution >= 4 is 31.7 Å². The Kier molecular flexibility index (Phi) is 16.6. The summed E-state index contributed by atoms with van der Waals surface area (Å²) in [6.07, 6.45) is 13.6. The van der Waals surface area contributed by atoms with E-state index in [0.29, 0.717) is 6.61 Å². The molecule has 0 saturated carbocycles. The van der Waals surface area contributed by atoms with Crippen molar-refractivity contribution in [3.8, 4) is 0 Å². The number of pyridine rings is 1. The molecule has 9 nitrogen and oxygen atoms in total. The molecule has 0 aliphatic heterocycles. The number of nitrogens with zero attached hydrogens (tertiary/aromatic N) is 2. The summed E-state index contributed by atoms with van der Waals surface area (Å²) >= 11 is 0. The number of alkyl halides is 6. The van der Waals surface area contributed by atoms with Gasteiger partial charge in [0, 0.05) is 18.1 Å². The first-order valence-corrected chi connectivity index (χ1v) is 17.9. The number of carbonyl (C=O) groups excluding carboxylic acids is 1. The molecule has 1 aromatic heterocycles. The number of rotatable bonds is 16. The van der Waals surface area contributed by atoms with E-state index in [1.165, 1.54) is 44.1 Å². The van der Waals surface area contributed by atoms with Gasteiger partial charge in [-0.05, 0) is 63.8 Å². The third kappa shape index (κ3) is 15.4. The van der Waals surface area contributed by atoms with Crippen LogP contribution in [0.25, 0.3) is 9.70 Å². The number of hydrogen-bond donors (Lipinski definition) is 1. The van der Waals surface area contributed by atoms with Crippen LogP contribution in [0.5, 0.6) is 0 Å². The van der Waals surface area contributed by atoms with Crippen LogP contribution < -0.4 is 9.88 Å². The van der Waals surface area contributed by atoms with Crippen molar-refractivity contribution in [2.75, 3.05) is 6.61 Å². The van der Waals surface area contributed by atoms with E-state index in [-0.39, 0.29) is 6.09 Å². The third-order valence-electron chi connectivity index (χ3n) is 6.82. The van der Waals surface area contributed by atoms with Crippen molar-refractivity contribution in [3.05, 3.63) is 76.2 Å². The number of nitrogens with one attached hydrogen (secondary N) is 1. The number of ether oxygens (including phenoxy) is 1. The topological polar surface area (TPSA) is 125 Å². The van der Waals surface area contributed by atoms with E-state index in [2.05, 4.69) is 54.0 Å². The van der Waals surface area contributed by atoms with Gasteiger partial charge in [-0.2, -0.15) is 26.3 Å². The van der Waals surface area contributed by atoms with Gasteiger partial charge < -0.3 is 14.2 Å². The summed E-state index contributed by atoms with van der Waals surface area (Å²) < 4.78 is 117. The van der Waals surface area contributed by atoms with Gasteiger partial charge in [-0.25, -0.2) is 26.2 Å². The second kappa shape index (κ2) is 18.5. The van der Waals surface area contributed by atoms with Crippen LogP contribution in [0.4, 0.5) is 31.1 Å². The SMILES string of the molecule is C=C(C)c1cccc(C(C)(C)NC(=O)OCCCCCCCCCC[n+]2cccc(C)c2)c1.O=S(=O)([N-]S(=O)(=O)C(F)(F)F)C(F)(F)F. The highest BCUT2D eigenvalue weighted by molar-refractivity contribution is 8.13. The monoisotopic (exact) mass is 731 g/mol. The van der Waals surface area contributed by atoms with Gasteiger partial charge in [0.05, 0.1) is 12.1 Å². The molecule has 2 rings (SSSR count). The fourth-order valence-corrected chi connectivity index (χ4v) is 5.87. The molecule has 0 aliphatic carbocycles. The molecule has 272 valence electrons. The average molecular weight is 732 g/mol. The lowest BCUT2D eigenvalue weighted by molar-refractivity contribution is -0.697. The lowest BCUT2D eigenvalue weighted by atomic mass is 9.92. The maximum Gasteiger partial charge on any atom is 0.480 e. The minimum atomic E-state index is -6.72. The molecule has 0 spiro atoms. The number of allylic oxidation sites excluding steroid dienone is 1. The summed E-state index contributed by atoms with van der Waals surface area (Å²) in [5.74, 6) is 0. The molecule has 48 heavy (non-hydrogen) atoms. The molecule has 1 N–H and O–H groups in total. The van der Waals surface area contributed by atoms with E-state index in [1.807, 2.05) is 39.0 Å². The van der Waals surface area contributed by atoms with Crippen LogP contribution in [0.2, 0.25) is 0 Å². The predicted molar refractivity (Wildman–Crippen MR) is 170 cm³/mol. The fourth-order valence-electron chi connectivity index (χ4n) is 4.16. The minimum Gasteiger partial charge on any atom is -0.450 e.